The highest BCUT2D eigenvalue weighted by Gasteiger charge is 2.23. The molecule has 0 radical (unpaired) electrons. The molecular weight excluding hydrogens is 366 g/mol. The number of fused-ring (bicyclic) bond motifs is 2. The molecule has 0 amide bonds. The zero-order valence-electron chi connectivity index (χ0n) is 16.6. The monoisotopic (exact) mass is 393 g/mol. The molecule has 0 saturated heterocycles. The standard InChI is InChI=1S/C24H27NO2S/c1-25(14-13-17-9-10-18-11-12-24(26)28-23(18)15-17)16-19-5-3-7-21-20(19)6-4-8-22(21)27-2/h4,6,8-12,15,19H,3,5,7,13-14,16H2,1-2H3. The SMILES string of the molecule is COc1cccc2c1CCCC2CN(C)CCc1ccc2ccc(=O)sc2c1. The third kappa shape index (κ3) is 4.13. The second kappa shape index (κ2) is 8.46. The number of rotatable bonds is 6. The summed E-state index contributed by atoms with van der Waals surface area (Å²) >= 11 is 1.33. The van der Waals surface area contributed by atoms with Crippen LogP contribution in [0, 0.1) is 0 Å². The minimum absolute atomic E-state index is 0.119. The summed E-state index contributed by atoms with van der Waals surface area (Å²) in [5.41, 5.74) is 4.17. The average Bonchev–Trinajstić information content (AvgIpc) is 2.71. The van der Waals surface area contributed by atoms with Gasteiger partial charge in [-0.1, -0.05) is 35.6 Å². The minimum atomic E-state index is 0.119. The first-order valence-corrected chi connectivity index (χ1v) is 10.8. The smallest absolute Gasteiger partial charge is 0.232 e. The van der Waals surface area contributed by atoms with Crippen molar-refractivity contribution in [2.75, 3.05) is 27.2 Å². The van der Waals surface area contributed by atoms with E-state index in [2.05, 4.69) is 48.3 Å². The number of ether oxygens (including phenoxy) is 1. The molecule has 0 saturated carbocycles. The molecule has 1 aliphatic rings. The van der Waals surface area contributed by atoms with Crippen LogP contribution in [0.2, 0.25) is 0 Å². The molecule has 28 heavy (non-hydrogen) atoms. The number of hydrogen-bond donors (Lipinski definition) is 0. The molecule has 0 aliphatic heterocycles. The topological polar surface area (TPSA) is 29.5 Å². The number of nitrogens with zero attached hydrogens (tertiary/aromatic N) is 1. The van der Waals surface area contributed by atoms with Crippen LogP contribution in [0.15, 0.2) is 53.3 Å². The summed E-state index contributed by atoms with van der Waals surface area (Å²) in [7, 11) is 3.99. The maximum atomic E-state index is 11.6. The molecular formula is C24H27NO2S. The molecule has 3 nitrogen and oxygen atoms in total. The van der Waals surface area contributed by atoms with Crippen LogP contribution in [0.4, 0.5) is 0 Å². The van der Waals surface area contributed by atoms with Gasteiger partial charge in [-0.3, -0.25) is 4.79 Å². The predicted octanol–water partition coefficient (Wildman–Crippen LogP) is 4.86. The molecule has 0 bridgehead atoms. The van der Waals surface area contributed by atoms with Gasteiger partial charge >= 0.3 is 0 Å². The van der Waals surface area contributed by atoms with Crippen molar-refractivity contribution in [1.82, 2.24) is 4.90 Å². The Morgan fingerprint density at radius 1 is 1.18 bits per heavy atom. The fourth-order valence-corrected chi connectivity index (χ4v) is 5.16. The van der Waals surface area contributed by atoms with Crippen molar-refractivity contribution in [3.8, 4) is 5.75 Å². The quantitative estimate of drug-likeness (QED) is 0.599. The number of likely N-dealkylation sites (N-methyl/N-ethyl adjacent to an activating group) is 1. The van der Waals surface area contributed by atoms with E-state index in [4.69, 9.17) is 4.74 Å². The van der Waals surface area contributed by atoms with Crippen LogP contribution in [-0.2, 0) is 12.8 Å². The summed E-state index contributed by atoms with van der Waals surface area (Å²) in [5, 5.41) is 1.15. The molecule has 1 heterocycles. The molecule has 1 atom stereocenters. The van der Waals surface area contributed by atoms with E-state index < -0.39 is 0 Å². The first-order valence-electron chi connectivity index (χ1n) is 10.0. The third-order valence-electron chi connectivity index (χ3n) is 5.81. The van der Waals surface area contributed by atoms with Gasteiger partial charge in [0.1, 0.15) is 5.75 Å². The Hall–Kier alpha value is -2.17. The van der Waals surface area contributed by atoms with Crippen LogP contribution in [-0.4, -0.2) is 32.1 Å². The first kappa shape index (κ1) is 19.2. The third-order valence-corrected chi connectivity index (χ3v) is 6.72. The van der Waals surface area contributed by atoms with E-state index in [0.29, 0.717) is 5.92 Å². The molecule has 4 rings (SSSR count). The van der Waals surface area contributed by atoms with Crippen molar-refractivity contribution in [2.45, 2.75) is 31.6 Å². The van der Waals surface area contributed by atoms with Crippen molar-refractivity contribution in [1.29, 1.82) is 0 Å². The fraction of sp³-hybridized carbons (Fsp3) is 0.375. The first-order chi connectivity index (χ1) is 13.6. The highest BCUT2D eigenvalue weighted by Crippen LogP contribution is 2.36. The summed E-state index contributed by atoms with van der Waals surface area (Å²) in [6, 6.07) is 16.5. The van der Waals surface area contributed by atoms with Gasteiger partial charge in [0.25, 0.3) is 0 Å². The minimum Gasteiger partial charge on any atom is -0.496 e. The number of methoxy groups -OCH3 is 1. The van der Waals surface area contributed by atoms with E-state index in [1.54, 1.807) is 13.2 Å². The van der Waals surface area contributed by atoms with Gasteiger partial charge in [-0.15, -0.1) is 0 Å². The molecule has 1 aromatic heterocycles. The Morgan fingerprint density at radius 2 is 2.04 bits per heavy atom. The average molecular weight is 394 g/mol. The van der Waals surface area contributed by atoms with Gasteiger partial charge in [-0.2, -0.15) is 0 Å². The molecule has 0 N–H and O–H groups in total. The molecule has 0 fully saturated rings. The predicted molar refractivity (Wildman–Crippen MR) is 118 cm³/mol. The van der Waals surface area contributed by atoms with Crippen LogP contribution in [0.25, 0.3) is 10.1 Å². The summed E-state index contributed by atoms with van der Waals surface area (Å²) in [4.78, 5) is 14.1. The molecule has 3 aromatic rings. The van der Waals surface area contributed by atoms with E-state index in [1.165, 1.54) is 40.9 Å². The summed E-state index contributed by atoms with van der Waals surface area (Å²) in [6.45, 7) is 2.09. The molecule has 1 aliphatic carbocycles. The van der Waals surface area contributed by atoms with Gasteiger partial charge in [-0.05, 0) is 85.0 Å². The zero-order valence-corrected chi connectivity index (χ0v) is 17.4. The Balaban J connectivity index is 1.42. The van der Waals surface area contributed by atoms with Crippen LogP contribution < -0.4 is 9.48 Å². The lowest BCUT2D eigenvalue weighted by Crippen LogP contribution is -2.28. The van der Waals surface area contributed by atoms with E-state index in [0.717, 1.165) is 41.8 Å². The summed E-state index contributed by atoms with van der Waals surface area (Å²) in [5.74, 6) is 1.62. The fourth-order valence-electron chi connectivity index (χ4n) is 4.34. The molecule has 2 aromatic carbocycles. The van der Waals surface area contributed by atoms with Crippen LogP contribution in [0.5, 0.6) is 5.75 Å². The van der Waals surface area contributed by atoms with Gasteiger partial charge < -0.3 is 9.64 Å². The number of hydrogen-bond acceptors (Lipinski definition) is 4. The Bertz CT molecular complexity index is 1030. The van der Waals surface area contributed by atoms with Crippen molar-refractivity contribution < 1.29 is 4.74 Å². The van der Waals surface area contributed by atoms with Gasteiger partial charge in [0, 0.05) is 17.8 Å². The molecule has 146 valence electrons. The Morgan fingerprint density at radius 3 is 2.89 bits per heavy atom. The number of benzene rings is 2. The van der Waals surface area contributed by atoms with Gasteiger partial charge in [0.05, 0.1) is 7.11 Å². The van der Waals surface area contributed by atoms with E-state index in [9.17, 15) is 4.79 Å². The van der Waals surface area contributed by atoms with Crippen molar-refractivity contribution in [3.63, 3.8) is 0 Å². The lowest BCUT2D eigenvalue weighted by molar-refractivity contribution is 0.299. The summed E-state index contributed by atoms with van der Waals surface area (Å²) < 4.78 is 6.78. The van der Waals surface area contributed by atoms with Crippen molar-refractivity contribution >= 4 is 21.4 Å². The van der Waals surface area contributed by atoms with Gasteiger partial charge in [0.15, 0.2) is 0 Å². The van der Waals surface area contributed by atoms with Crippen LogP contribution in [0.3, 0.4) is 0 Å². The molecule has 0 spiro atoms. The van der Waals surface area contributed by atoms with E-state index >= 15 is 0 Å². The second-order valence-corrected chi connectivity index (χ2v) is 8.80. The van der Waals surface area contributed by atoms with Crippen molar-refractivity contribution in [2.24, 2.45) is 0 Å². The van der Waals surface area contributed by atoms with Crippen LogP contribution >= 0.6 is 11.3 Å². The van der Waals surface area contributed by atoms with E-state index in [-0.39, 0.29) is 4.74 Å². The maximum Gasteiger partial charge on any atom is 0.232 e. The second-order valence-electron chi connectivity index (χ2n) is 7.76. The lowest BCUT2D eigenvalue weighted by Gasteiger charge is -2.30. The maximum absolute atomic E-state index is 11.6. The van der Waals surface area contributed by atoms with Gasteiger partial charge in [-0.25, -0.2) is 0 Å². The summed E-state index contributed by atoms with van der Waals surface area (Å²) in [6.07, 6.45) is 4.60. The Labute approximate surface area is 170 Å². The molecule has 1 unspecified atom stereocenters. The van der Waals surface area contributed by atoms with Gasteiger partial charge in [0.2, 0.25) is 4.74 Å². The Kier molecular flexibility index (Phi) is 5.79. The van der Waals surface area contributed by atoms with Crippen LogP contribution in [0.1, 0.15) is 35.4 Å². The lowest BCUT2D eigenvalue weighted by atomic mass is 9.82. The van der Waals surface area contributed by atoms with Crippen molar-refractivity contribution in [3.05, 3.63) is 74.8 Å². The largest absolute Gasteiger partial charge is 0.496 e. The highest BCUT2D eigenvalue weighted by atomic mass is 32.1. The highest BCUT2D eigenvalue weighted by molar-refractivity contribution is 7.16. The molecule has 4 heteroatoms. The zero-order chi connectivity index (χ0) is 19.5. The van der Waals surface area contributed by atoms with E-state index in [1.807, 2.05) is 6.07 Å². The normalized spacial score (nSPS) is 16.3.